The Bertz CT molecular complexity index is 871. The summed E-state index contributed by atoms with van der Waals surface area (Å²) >= 11 is 5.97. The zero-order valence-electron chi connectivity index (χ0n) is 15.3. The van der Waals surface area contributed by atoms with E-state index in [1.807, 2.05) is 30.9 Å². The molecule has 0 radical (unpaired) electrons. The summed E-state index contributed by atoms with van der Waals surface area (Å²) in [4.78, 5) is 25.8. The highest BCUT2D eigenvalue weighted by molar-refractivity contribution is 6.30. The van der Waals surface area contributed by atoms with Gasteiger partial charge in [-0.2, -0.15) is 4.98 Å². The third-order valence-corrected chi connectivity index (χ3v) is 5.22. The van der Waals surface area contributed by atoms with Crippen LogP contribution < -0.4 is 10.2 Å². The molecule has 142 valence electrons. The van der Waals surface area contributed by atoms with Crippen LogP contribution in [0.15, 0.2) is 24.3 Å². The van der Waals surface area contributed by atoms with Gasteiger partial charge in [-0.3, -0.25) is 4.79 Å². The number of nitrogens with one attached hydrogen (secondary N) is 1. The minimum absolute atomic E-state index is 0.0761. The molecule has 2 N–H and O–H groups in total. The van der Waals surface area contributed by atoms with Gasteiger partial charge in [-0.05, 0) is 44.5 Å². The van der Waals surface area contributed by atoms with Gasteiger partial charge in [-0.1, -0.05) is 11.6 Å². The van der Waals surface area contributed by atoms with Crippen LogP contribution in [-0.2, 0) is 6.54 Å². The molecule has 27 heavy (non-hydrogen) atoms. The number of nitrogens with zero attached hydrogens (tertiary/aromatic N) is 4. The zero-order chi connectivity index (χ0) is 19.1. The van der Waals surface area contributed by atoms with Gasteiger partial charge in [0.2, 0.25) is 5.95 Å². The van der Waals surface area contributed by atoms with Crippen LogP contribution in [0.3, 0.4) is 0 Å². The van der Waals surface area contributed by atoms with Gasteiger partial charge in [0, 0.05) is 35.4 Å². The largest absolute Gasteiger partial charge is 0.391 e. The van der Waals surface area contributed by atoms with E-state index < -0.39 is 6.10 Å². The molecule has 1 unspecified atom stereocenters. The van der Waals surface area contributed by atoms with Crippen molar-refractivity contribution in [2.24, 2.45) is 0 Å². The summed E-state index contributed by atoms with van der Waals surface area (Å²) in [5.74, 6) is 1.01. The number of aromatic nitrogens is 2. The molecule has 0 saturated carbocycles. The number of hydrogen-bond donors (Lipinski definition) is 2. The average Bonchev–Trinajstić information content (AvgIpc) is 3.21. The molecule has 1 saturated heterocycles. The molecule has 1 amide bonds. The number of benzene rings is 1. The third kappa shape index (κ3) is 3.44. The molecular weight excluding hydrogens is 366 g/mol. The maximum atomic E-state index is 12.8. The highest BCUT2D eigenvalue weighted by atomic mass is 35.5. The van der Waals surface area contributed by atoms with E-state index in [4.69, 9.17) is 11.6 Å². The second-order valence-electron chi connectivity index (χ2n) is 7.25. The monoisotopic (exact) mass is 387 g/mol. The molecule has 0 spiro atoms. The average molecular weight is 388 g/mol. The molecule has 3 heterocycles. The Morgan fingerprint density at radius 3 is 2.63 bits per heavy atom. The summed E-state index contributed by atoms with van der Waals surface area (Å²) in [5.41, 5.74) is 2.07. The first kappa shape index (κ1) is 18.0. The van der Waals surface area contributed by atoms with Crippen molar-refractivity contribution >= 4 is 35.0 Å². The first-order valence-electron chi connectivity index (χ1n) is 9.10. The quantitative estimate of drug-likeness (QED) is 0.839. The van der Waals surface area contributed by atoms with Crippen molar-refractivity contribution in [1.29, 1.82) is 0 Å². The highest BCUT2D eigenvalue weighted by Gasteiger charge is 2.35. The van der Waals surface area contributed by atoms with Gasteiger partial charge in [0.25, 0.3) is 5.91 Å². The van der Waals surface area contributed by atoms with Crippen molar-refractivity contribution in [3.8, 4) is 0 Å². The molecule has 0 bridgehead atoms. The van der Waals surface area contributed by atoms with Crippen LogP contribution in [0.4, 0.5) is 17.5 Å². The van der Waals surface area contributed by atoms with Crippen LogP contribution in [0, 0.1) is 0 Å². The number of anilines is 3. The molecule has 4 rings (SSSR count). The molecule has 2 aromatic rings. The predicted octanol–water partition coefficient (Wildman–Crippen LogP) is 2.81. The van der Waals surface area contributed by atoms with E-state index in [0.717, 1.165) is 11.3 Å². The summed E-state index contributed by atoms with van der Waals surface area (Å²) in [6, 6.07) is 7.41. The van der Waals surface area contributed by atoms with Crippen LogP contribution in [0.1, 0.15) is 36.3 Å². The minimum Gasteiger partial charge on any atom is -0.391 e. The van der Waals surface area contributed by atoms with Gasteiger partial charge >= 0.3 is 0 Å². The van der Waals surface area contributed by atoms with E-state index in [9.17, 15) is 9.90 Å². The minimum atomic E-state index is -0.391. The van der Waals surface area contributed by atoms with Crippen LogP contribution in [-0.4, -0.2) is 51.1 Å². The summed E-state index contributed by atoms with van der Waals surface area (Å²) < 4.78 is 0. The van der Waals surface area contributed by atoms with E-state index in [1.165, 1.54) is 0 Å². The van der Waals surface area contributed by atoms with Gasteiger partial charge in [0.15, 0.2) is 0 Å². The maximum absolute atomic E-state index is 12.8. The molecule has 7 nitrogen and oxygen atoms in total. The summed E-state index contributed by atoms with van der Waals surface area (Å²) in [6.07, 6.45) is 0.282. The van der Waals surface area contributed by atoms with Gasteiger partial charge in [-0.25, -0.2) is 4.98 Å². The normalized spacial score (nSPS) is 19.1. The highest BCUT2D eigenvalue weighted by Crippen LogP contribution is 2.32. The molecule has 1 aromatic heterocycles. The van der Waals surface area contributed by atoms with Crippen molar-refractivity contribution in [1.82, 2.24) is 14.9 Å². The number of halogens is 1. The number of amides is 1. The second-order valence-corrected chi connectivity index (χ2v) is 7.68. The van der Waals surface area contributed by atoms with Crippen molar-refractivity contribution in [2.75, 3.05) is 23.3 Å². The van der Waals surface area contributed by atoms with Gasteiger partial charge in [0.05, 0.1) is 12.6 Å². The number of rotatable bonds is 4. The number of fused-ring (bicyclic) bond motifs is 1. The number of aliphatic hydroxyl groups is 1. The van der Waals surface area contributed by atoms with Crippen molar-refractivity contribution in [3.63, 3.8) is 0 Å². The lowest BCUT2D eigenvalue weighted by Crippen LogP contribution is -2.31. The van der Waals surface area contributed by atoms with Crippen molar-refractivity contribution in [3.05, 3.63) is 40.5 Å². The number of β-amino-alcohol motifs (C(OH)–C–C–N with tert-alkyl or cyclic N) is 1. The maximum Gasteiger partial charge on any atom is 0.273 e. The van der Waals surface area contributed by atoms with Gasteiger partial charge in [-0.15, -0.1) is 0 Å². The SMILES string of the molecule is CC(C)N1Cc2c(Nc3ccc(Cl)cc3)nc(N3CCC(O)C3)nc2C1=O. The third-order valence-electron chi connectivity index (χ3n) is 4.96. The first-order valence-corrected chi connectivity index (χ1v) is 9.47. The van der Waals surface area contributed by atoms with E-state index in [2.05, 4.69) is 15.3 Å². The molecule has 1 aromatic carbocycles. The summed E-state index contributed by atoms with van der Waals surface area (Å²) in [5, 5.41) is 13.8. The Labute approximate surface area is 163 Å². The predicted molar refractivity (Wildman–Crippen MR) is 105 cm³/mol. The molecule has 2 aliphatic rings. The smallest absolute Gasteiger partial charge is 0.273 e. The molecule has 1 fully saturated rings. The number of carbonyl (C=O) groups is 1. The van der Waals surface area contributed by atoms with Gasteiger partial charge in [0.1, 0.15) is 11.5 Å². The lowest BCUT2D eigenvalue weighted by molar-refractivity contribution is 0.0726. The Morgan fingerprint density at radius 1 is 1.26 bits per heavy atom. The molecule has 0 aliphatic carbocycles. The molecule has 1 atom stereocenters. The van der Waals surface area contributed by atoms with E-state index in [-0.39, 0.29) is 11.9 Å². The fourth-order valence-electron chi connectivity index (χ4n) is 3.43. The lowest BCUT2D eigenvalue weighted by Gasteiger charge is -2.19. The number of aliphatic hydroxyl groups excluding tert-OH is 1. The topological polar surface area (TPSA) is 81.6 Å². The second kappa shape index (κ2) is 6.98. The lowest BCUT2D eigenvalue weighted by atomic mass is 10.2. The number of carbonyl (C=O) groups excluding carboxylic acids is 1. The first-order chi connectivity index (χ1) is 12.9. The Balaban J connectivity index is 1.74. The van der Waals surface area contributed by atoms with Crippen LogP contribution in [0.2, 0.25) is 5.02 Å². The van der Waals surface area contributed by atoms with Gasteiger partial charge < -0.3 is 20.2 Å². The van der Waals surface area contributed by atoms with E-state index in [0.29, 0.717) is 48.5 Å². The fourth-order valence-corrected chi connectivity index (χ4v) is 3.56. The standard InChI is InChI=1S/C19H22ClN5O2/c1-11(2)25-10-15-16(18(25)27)22-19(24-8-7-14(26)9-24)23-17(15)21-13-5-3-12(20)4-6-13/h3-6,11,14,26H,7-10H2,1-2H3,(H,21,22,23). The van der Waals surface area contributed by atoms with E-state index >= 15 is 0 Å². The Kier molecular flexibility index (Phi) is 4.65. The number of hydrogen-bond acceptors (Lipinski definition) is 6. The van der Waals surface area contributed by atoms with Crippen molar-refractivity contribution in [2.45, 2.75) is 39.0 Å². The molecular formula is C19H22ClN5O2. The van der Waals surface area contributed by atoms with Crippen LogP contribution in [0.5, 0.6) is 0 Å². The summed E-state index contributed by atoms with van der Waals surface area (Å²) in [6.45, 7) is 5.59. The van der Waals surface area contributed by atoms with Crippen molar-refractivity contribution < 1.29 is 9.90 Å². The fraction of sp³-hybridized carbons (Fsp3) is 0.421. The van der Waals surface area contributed by atoms with Crippen LogP contribution in [0.25, 0.3) is 0 Å². The Morgan fingerprint density at radius 2 is 2.00 bits per heavy atom. The zero-order valence-corrected chi connectivity index (χ0v) is 16.1. The van der Waals surface area contributed by atoms with E-state index in [1.54, 1.807) is 17.0 Å². The molecule has 8 heteroatoms. The molecule has 2 aliphatic heterocycles. The van der Waals surface area contributed by atoms with Crippen LogP contribution >= 0.6 is 11.6 Å². The Hall–Kier alpha value is -2.38. The summed E-state index contributed by atoms with van der Waals surface area (Å²) in [7, 11) is 0.